The Morgan fingerprint density at radius 2 is 1.51 bits per heavy atom. The van der Waals surface area contributed by atoms with Crippen molar-refractivity contribution in [3.63, 3.8) is 0 Å². The van der Waals surface area contributed by atoms with Crippen molar-refractivity contribution in [1.82, 2.24) is 4.90 Å². The van der Waals surface area contributed by atoms with E-state index in [1.54, 1.807) is 41.3 Å². The van der Waals surface area contributed by atoms with Crippen molar-refractivity contribution in [2.45, 2.75) is 52.1 Å². The maximum absolute atomic E-state index is 12.7. The van der Waals surface area contributed by atoms with E-state index in [9.17, 15) is 14.4 Å². The predicted octanol–water partition coefficient (Wildman–Crippen LogP) is 5.70. The molecule has 0 radical (unpaired) electrons. The first-order valence-electron chi connectivity index (χ1n) is 11.7. The number of likely N-dealkylation sites (tertiary alicyclic amines) is 1. The Morgan fingerprint density at radius 1 is 0.971 bits per heavy atom. The highest BCUT2D eigenvalue weighted by atomic mass is 16.6. The van der Waals surface area contributed by atoms with Crippen LogP contribution in [-0.2, 0) is 20.7 Å². The van der Waals surface area contributed by atoms with Crippen molar-refractivity contribution in [2.75, 3.05) is 18.4 Å². The maximum atomic E-state index is 12.7. The number of benzene rings is 2. The Morgan fingerprint density at radius 3 is 2.03 bits per heavy atom. The first-order valence-corrected chi connectivity index (χ1v) is 11.7. The van der Waals surface area contributed by atoms with E-state index in [-0.39, 0.29) is 24.3 Å². The molecule has 3 rings (SSSR count). The highest BCUT2D eigenvalue weighted by Crippen LogP contribution is 2.24. The van der Waals surface area contributed by atoms with Gasteiger partial charge in [-0.3, -0.25) is 9.59 Å². The largest absolute Gasteiger partial charge is 0.481 e. The van der Waals surface area contributed by atoms with Gasteiger partial charge in [0, 0.05) is 31.1 Å². The second-order valence-electron chi connectivity index (χ2n) is 9.54. The van der Waals surface area contributed by atoms with E-state index < -0.39 is 11.6 Å². The molecule has 0 saturated carbocycles. The predicted molar refractivity (Wildman–Crippen MR) is 132 cm³/mol. The molecular formula is C26H32N4O5. The third kappa shape index (κ3) is 8.51. The topological polar surface area (TPSA) is 121 Å². The van der Waals surface area contributed by atoms with Crippen LogP contribution in [0.15, 0.2) is 58.8 Å². The molecule has 0 aliphatic carbocycles. The minimum atomic E-state index is -0.822. The van der Waals surface area contributed by atoms with E-state index >= 15 is 0 Å². The number of nitrogens with zero attached hydrogens (tertiary/aromatic N) is 3. The number of aryl methyl sites for hydroxylation is 1. The van der Waals surface area contributed by atoms with Gasteiger partial charge in [-0.25, -0.2) is 4.79 Å². The summed E-state index contributed by atoms with van der Waals surface area (Å²) in [5, 5.41) is 20.1. The smallest absolute Gasteiger partial charge is 0.410 e. The van der Waals surface area contributed by atoms with Crippen molar-refractivity contribution < 1.29 is 24.2 Å². The van der Waals surface area contributed by atoms with E-state index in [2.05, 4.69) is 15.5 Å². The standard InChI is InChI=1S/C26H32N4O5/c1-26(2,3)35-25(34)30-16-14-19(15-17-30)24(33)27-20-9-11-22(12-10-20)29-28-21-7-4-18(5-8-21)6-13-23(31)32/h4-5,7-12,19H,6,13-17H2,1-3H3,(H,27,33)(H,31,32). The van der Waals surface area contributed by atoms with Gasteiger partial charge in [-0.05, 0) is 82.0 Å². The van der Waals surface area contributed by atoms with Gasteiger partial charge in [0.25, 0.3) is 0 Å². The summed E-state index contributed by atoms with van der Waals surface area (Å²) in [7, 11) is 0. The van der Waals surface area contributed by atoms with Crippen LogP contribution in [0, 0.1) is 5.92 Å². The average Bonchev–Trinajstić information content (AvgIpc) is 2.82. The van der Waals surface area contributed by atoms with Crippen LogP contribution in [0.25, 0.3) is 0 Å². The molecule has 1 fully saturated rings. The molecule has 2 aromatic rings. The van der Waals surface area contributed by atoms with Gasteiger partial charge in [0.1, 0.15) is 5.60 Å². The number of anilines is 1. The van der Waals surface area contributed by atoms with Gasteiger partial charge in [-0.15, -0.1) is 0 Å². The monoisotopic (exact) mass is 480 g/mol. The van der Waals surface area contributed by atoms with Crippen molar-refractivity contribution in [2.24, 2.45) is 16.1 Å². The van der Waals surface area contributed by atoms with Crippen LogP contribution in [0.1, 0.15) is 45.6 Å². The van der Waals surface area contributed by atoms with Crippen molar-refractivity contribution in [1.29, 1.82) is 0 Å². The SMILES string of the molecule is CC(C)(C)OC(=O)N1CCC(C(=O)Nc2ccc(N=Nc3ccc(CCC(=O)O)cc3)cc2)CC1. The minimum absolute atomic E-state index is 0.0637. The van der Waals surface area contributed by atoms with E-state index in [1.807, 2.05) is 32.9 Å². The number of carboxylic acids is 1. The summed E-state index contributed by atoms with van der Waals surface area (Å²) in [5.41, 5.74) is 2.38. The number of amides is 2. The minimum Gasteiger partial charge on any atom is -0.481 e. The van der Waals surface area contributed by atoms with Gasteiger partial charge in [0.2, 0.25) is 5.91 Å². The van der Waals surface area contributed by atoms with Crippen LogP contribution in [-0.4, -0.2) is 46.7 Å². The number of hydrogen-bond donors (Lipinski definition) is 2. The molecule has 186 valence electrons. The third-order valence-electron chi connectivity index (χ3n) is 5.50. The lowest BCUT2D eigenvalue weighted by Crippen LogP contribution is -2.43. The van der Waals surface area contributed by atoms with Crippen molar-refractivity contribution in [3.8, 4) is 0 Å². The molecular weight excluding hydrogens is 448 g/mol. The molecule has 1 heterocycles. The lowest BCUT2D eigenvalue weighted by Gasteiger charge is -2.32. The van der Waals surface area contributed by atoms with Crippen molar-refractivity contribution >= 4 is 35.0 Å². The van der Waals surface area contributed by atoms with E-state index in [0.717, 1.165) is 5.56 Å². The van der Waals surface area contributed by atoms with Gasteiger partial charge in [-0.1, -0.05) is 12.1 Å². The number of ether oxygens (including phenoxy) is 1. The zero-order chi connectivity index (χ0) is 25.4. The Balaban J connectivity index is 1.46. The summed E-state index contributed by atoms with van der Waals surface area (Å²) in [4.78, 5) is 37.2. The van der Waals surface area contributed by atoms with Crippen LogP contribution in [0.5, 0.6) is 0 Å². The molecule has 0 aromatic heterocycles. The van der Waals surface area contributed by atoms with Crippen LogP contribution < -0.4 is 5.32 Å². The molecule has 0 bridgehead atoms. The molecule has 2 amide bonds. The van der Waals surface area contributed by atoms with Crippen molar-refractivity contribution in [3.05, 3.63) is 54.1 Å². The molecule has 9 heteroatoms. The van der Waals surface area contributed by atoms with E-state index in [1.165, 1.54) is 0 Å². The van der Waals surface area contributed by atoms with Gasteiger partial charge >= 0.3 is 12.1 Å². The Labute approximate surface area is 205 Å². The molecule has 0 unspecified atom stereocenters. The van der Waals surface area contributed by atoms with Gasteiger partial charge in [0.05, 0.1) is 11.4 Å². The molecule has 1 aliphatic rings. The van der Waals surface area contributed by atoms with Crippen LogP contribution in [0.2, 0.25) is 0 Å². The third-order valence-corrected chi connectivity index (χ3v) is 5.50. The second kappa shape index (κ2) is 11.6. The summed E-state index contributed by atoms with van der Waals surface area (Å²) in [6, 6.07) is 14.4. The summed E-state index contributed by atoms with van der Waals surface area (Å²) in [5.74, 6) is -1.05. The highest BCUT2D eigenvalue weighted by molar-refractivity contribution is 5.92. The van der Waals surface area contributed by atoms with E-state index in [0.29, 0.717) is 49.4 Å². The number of rotatable bonds is 7. The number of carbonyl (C=O) groups excluding carboxylic acids is 2. The summed E-state index contributed by atoms with van der Waals surface area (Å²) in [6.45, 7) is 6.49. The molecule has 0 atom stereocenters. The Bertz CT molecular complexity index is 1050. The lowest BCUT2D eigenvalue weighted by molar-refractivity contribution is -0.137. The summed E-state index contributed by atoms with van der Waals surface area (Å²) >= 11 is 0. The number of carbonyl (C=O) groups is 3. The quantitative estimate of drug-likeness (QED) is 0.492. The number of aliphatic carboxylic acids is 1. The Hall–Kier alpha value is -3.75. The molecule has 0 spiro atoms. The highest BCUT2D eigenvalue weighted by Gasteiger charge is 2.29. The number of azo groups is 1. The summed E-state index contributed by atoms with van der Waals surface area (Å²) < 4.78 is 5.40. The Kier molecular flexibility index (Phi) is 8.57. The molecule has 35 heavy (non-hydrogen) atoms. The molecule has 2 N–H and O–H groups in total. The zero-order valence-electron chi connectivity index (χ0n) is 20.4. The summed E-state index contributed by atoms with van der Waals surface area (Å²) in [6.07, 6.45) is 1.41. The zero-order valence-corrected chi connectivity index (χ0v) is 20.4. The number of piperidine rings is 1. The van der Waals surface area contributed by atoms with Gasteiger partial charge in [-0.2, -0.15) is 10.2 Å². The first-order chi connectivity index (χ1) is 16.6. The van der Waals surface area contributed by atoms with Gasteiger partial charge in [0.15, 0.2) is 0 Å². The number of carboxylic acid groups (broad SMARTS) is 1. The fourth-order valence-corrected chi connectivity index (χ4v) is 3.60. The normalized spacial score (nSPS) is 14.7. The van der Waals surface area contributed by atoms with Gasteiger partial charge < -0.3 is 20.1 Å². The fraction of sp³-hybridized carbons (Fsp3) is 0.423. The number of nitrogens with one attached hydrogen (secondary N) is 1. The lowest BCUT2D eigenvalue weighted by atomic mass is 9.96. The number of hydrogen-bond acceptors (Lipinski definition) is 6. The first kappa shape index (κ1) is 25.9. The second-order valence-corrected chi connectivity index (χ2v) is 9.54. The average molecular weight is 481 g/mol. The molecule has 9 nitrogen and oxygen atoms in total. The molecule has 1 aliphatic heterocycles. The molecule has 1 saturated heterocycles. The fourth-order valence-electron chi connectivity index (χ4n) is 3.60. The van der Waals surface area contributed by atoms with Crippen LogP contribution in [0.4, 0.5) is 21.9 Å². The molecule has 2 aromatic carbocycles. The van der Waals surface area contributed by atoms with Crippen LogP contribution >= 0.6 is 0 Å². The maximum Gasteiger partial charge on any atom is 0.410 e. The van der Waals surface area contributed by atoms with E-state index in [4.69, 9.17) is 9.84 Å². The van der Waals surface area contributed by atoms with Crippen LogP contribution in [0.3, 0.4) is 0 Å².